The summed E-state index contributed by atoms with van der Waals surface area (Å²) in [6.07, 6.45) is 1.17. The lowest BCUT2D eigenvalue weighted by atomic mass is 9.73. The van der Waals surface area contributed by atoms with E-state index >= 15 is 0 Å². The molecule has 0 saturated carbocycles. The minimum absolute atomic E-state index is 0.0391. The summed E-state index contributed by atoms with van der Waals surface area (Å²) in [5, 5.41) is 4.42. The summed E-state index contributed by atoms with van der Waals surface area (Å²) in [4.78, 5) is 25.4. The molecule has 1 heterocycles. The number of ketones is 1. The van der Waals surface area contributed by atoms with Crippen LogP contribution in [0.3, 0.4) is 0 Å². The molecular formula is C21H16Cl3NO2. The fourth-order valence-corrected chi connectivity index (χ4v) is 4.60. The Morgan fingerprint density at radius 1 is 0.852 bits per heavy atom. The summed E-state index contributed by atoms with van der Waals surface area (Å²) < 4.78 is 0. The van der Waals surface area contributed by atoms with Crippen LogP contribution in [0, 0.1) is 0 Å². The second-order valence-electron chi connectivity index (χ2n) is 6.92. The molecular weight excluding hydrogens is 405 g/mol. The van der Waals surface area contributed by atoms with Crippen molar-refractivity contribution in [2.45, 2.75) is 31.1 Å². The molecule has 0 fully saturated rings. The first-order valence-electron chi connectivity index (χ1n) is 8.69. The molecule has 1 amide bonds. The predicted octanol–water partition coefficient (Wildman–Crippen LogP) is 5.65. The van der Waals surface area contributed by atoms with Crippen molar-refractivity contribution in [3.8, 4) is 0 Å². The molecule has 0 radical (unpaired) electrons. The van der Waals surface area contributed by atoms with Crippen molar-refractivity contribution in [1.29, 1.82) is 0 Å². The highest BCUT2D eigenvalue weighted by Crippen LogP contribution is 2.44. The Balaban J connectivity index is 1.74. The number of benzene rings is 2. The first-order valence-corrected chi connectivity index (χ1v) is 9.83. The van der Waals surface area contributed by atoms with Crippen LogP contribution in [0.5, 0.6) is 0 Å². The average molecular weight is 421 g/mol. The van der Waals surface area contributed by atoms with E-state index in [2.05, 4.69) is 5.32 Å². The number of allylic oxidation sites excluding steroid dienone is 2. The third-order valence-corrected chi connectivity index (χ3v) is 6.31. The second-order valence-corrected chi connectivity index (χ2v) is 8.14. The molecule has 6 heteroatoms. The van der Waals surface area contributed by atoms with Gasteiger partial charge in [0.1, 0.15) is 0 Å². The van der Waals surface area contributed by atoms with Crippen molar-refractivity contribution >= 4 is 46.5 Å². The number of hydrogen-bond acceptors (Lipinski definition) is 2. The molecule has 1 aliphatic carbocycles. The Bertz CT molecular complexity index is 983. The summed E-state index contributed by atoms with van der Waals surface area (Å²) >= 11 is 18.5. The monoisotopic (exact) mass is 419 g/mol. The first-order chi connectivity index (χ1) is 12.9. The predicted molar refractivity (Wildman–Crippen MR) is 107 cm³/mol. The van der Waals surface area contributed by atoms with Crippen LogP contribution in [-0.4, -0.2) is 11.7 Å². The van der Waals surface area contributed by atoms with Crippen molar-refractivity contribution in [2.24, 2.45) is 0 Å². The number of Topliss-reactive ketones (excluding diaryl/α,β-unsaturated/α-hetero) is 1. The van der Waals surface area contributed by atoms with Gasteiger partial charge in [0, 0.05) is 35.1 Å². The molecule has 0 aromatic heterocycles. The van der Waals surface area contributed by atoms with Gasteiger partial charge in [0.25, 0.3) is 0 Å². The molecule has 0 spiro atoms. The van der Waals surface area contributed by atoms with E-state index in [1.54, 1.807) is 12.1 Å². The molecule has 1 N–H and O–H groups in total. The molecule has 27 heavy (non-hydrogen) atoms. The Morgan fingerprint density at radius 3 is 2.37 bits per heavy atom. The molecule has 0 bridgehead atoms. The van der Waals surface area contributed by atoms with E-state index in [-0.39, 0.29) is 29.9 Å². The molecule has 4 rings (SSSR count). The molecule has 138 valence electrons. The van der Waals surface area contributed by atoms with Crippen molar-refractivity contribution < 1.29 is 9.59 Å². The van der Waals surface area contributed by atoms with Gasteiger partial charge < -0.3 is 5.32 Å². The Kier molecular flexibility index (Phi) is 5.02. The quantitative estimate of drug-likeness (QED) is 0.682. The van der Waals surface area contributed by atoms with Gasteiger partial charge in [0.2, 0.25) is 5.91 Å². The van der Waals surface area contributed by atoms with Gasteiger partial charge in [-0.25, -0.2) is 0 Å². The minimum Gasteiger partial charge on any atom is -0.329 e. The number of nitrogens with one attached hydrogen (secondary N) is 1. The molecule has 3 nitrogen and oxygen atoms in total. The zero-order valence-corrected chi connectivity index (χ0v) is 16.5. The largest absolute Gasteiger partial charge is 0.329 e. The van der Waals surface area contributed by atoms with Crippen molar-refractivity contribution in [3.05, 3.63) is 79.9 Å². The van der Waals surface area contributed by atoms with Crippen LogP contribution in [-0.2, 0) is 9.59 Å². The van der Waals surface area contributed by atoms with E-state index < -0.39 is 0 Å². The second kappa shape index (κ2) is 7.31. The Morgan fingerprint density at radius 2 is 1.63 bits per heavy atom. The third kappa shape index (κ3) is 3.52. The lowest BCUT2D eigenvalue weighted by molar-refractivity contribution is -0.122. The maximum Gasteiger partial charge on any atom is 0.225 e. The highest BCUT2D eigenvalue weighted by Gasteiger charge is 2.38. The van der Waals surface area contributed by atoms with Gasteiger partial charge in [0.15, 0.2) is 5.78 Å². The van der Waals surface area contributed by atoms with Crippen LogP contribution in [0.2, 0.25) is 15.1 Å². The topological polar surface area (TPSA) is 46.2 Å². The van der Waals surface area contributed by atoms with Gasteiger partial charge in [0.05, 0.1) is 10.0 Å². The lowest BCUT2D eigenvalue weighted by Crippen LogP contribution is -2.38. The molecule has 1 aliphatic heterocycles. The molecule has 0 unspecified atom stereocenters. The number of amides is 1. The van der Waals surface area contributed by atoms with Gasteiger partial charge in [-0.2, -0.15) is 0 Å². The van der Waals surface area contributed by atoms with Gasteiger partial charge >= 0.3 is 0 Å². The first kappa shape index (κ1) is 18.5. The summed E-state index contributed by atoms with van der Waals surface area (Å²) in [7, 11) is 0. The summed E-state index contributed by atoms with van der Waals surface area (Å²) in [6, 6.07) is 12.8. The van der Waals surface area contributed by atoms with E-state index in [0.29, 0.717) is 39.2 Å². The molecule has 0 saturated heterocycles. The van der Waals surface area contributed by atoms with Gasteiger partial charge in [-0.1, -0.05) is 59.1 Å². The van der Waals surface area contributed by atoms with Gasteiger partial charge in [-0.05, 0) is 41.7 Å². The average Bonchev–Trinajstić information content (AvgIpc) is 2.63. The minimum atomic E-state index is -0.303. The Hall–Kier alpha value is -1.81. The van der Waals surface area contributed by atoms with Crippen molar-refractivity contribution in [3.63, 3.8) is 0 Å². The standard InChI is InChI=1S/C21H16Cl3NO2/c22-15-4-2-1-3-13(15)12-8-18-21(19(26)9-12)14(10-20(27)25-18)11-5-6-16(23)17(24)7-11/h1-7,12,14H,8-10H2,(H,25,27)/t12-,14-/m0/s1. The molecule has 2 aromatic carbocycles. The Labute approximate surface area is 172 Å². The summed E-state index contributed by atoms with van der Waals surface area (Å²) in [5.41, 5.74) is 3.14. The van der Waals surface area contributed by atoms with Crippen molar-refractivity contribution in [2.75, 3.05) is 0 Å². The SMILES string of the molecule is O=C1C[C@@H](c2ccc(Cl)c(Cl)c2)C2=C(C[C@H](c3ccccc3Cl)CC2=O)N1. The third-order valence-electron chi connectivity index (χ3n) is 5.23. The fourth-order valence-electron chi connectivity index (χ4n) is 4.00. The summed E-state index contributed by atoms with van der Waals surface area (Å²) in [6.45, 7) is 0. The van der Waals surface area contributed by atoms with E-state index in [9.17, 15) is 9.59 Å². The van der Waals surface area contributed by atoms with Crippen molar-refractivity contribution in [1.82, 2.24) is 5.32 Å². The normalized spacial score (nSPS) is 22.5. The van der Waals surface area contributed by atoms with Gasteiger partial charge in [-0.15, -0.1) is 0 Å². The number of halogens is 3. The highest BCUT2D eigenvalue weighted by molar-refractivity contribution is 6.42. The molecule has 2 atom stereocenters. The molecule has 2 aliphatic rings. The highest BCUT2D eigenvalue weighted by atomic mass is 35.5. The maximum atomic E-state index is 13.1. The van der Waals surface area contributed by atoms with Crippen LogP contribution in [0.1, 0.15) is 42.2 Å². The smallest absolute Gasteiger partial charge is 0.225 e. The maximum absolute atomic E-state index is 13.1. The van der Waals surface area contributed by atoms with E-state index in [4.69, 9.17) is 34.8 Å². The number of carbonyl (C=O) groups is 2. The van der Waals surface area contributed by atoms with Crippen LogP contribution in [0.25, 0.3) is 0 Å². The molecule has 2 aromatic rings. The van der Waals surface area contributed by atoms with E-state index in [1.807, 2.05) is 30.3 Å². The van der Waals surface area contributed by atoms with E-state index in [1.165, 1.54) is 0 Å². The van der Waals surface area contributed by atoms with Crippen LogP contribution >= 0.6 is 34.8 Å². The van der Waals surface area contributed by atoms with Crippen LogP contribution in [0.4, 0.5) is 0 Å². The fraction of sp³-hybridized carbons (Fsp3) is 0.238. The van der Waals surface area contributed by atoms with Crippen LogP contribution in [0.15, 0.2) is 53.7 Å². The zero-order chi connectivity index (χ0) is 19.1. The number of rotatable bonds is 2. The van der Waals surface area contributed by atoms with Crippen LogP contribution < -0.4 is 5.32 Å². The summed E-state index contributed by atoms with van der Waals surface area (Å²) in [5.74, 6) is -0.407. The van der Waals surface area contributed by atoms with E-state index in [0.717, 1.165) is 11.1 Å². The number of hydrogen-bond donors (Lipinski definition) is 1. The van der Waals surface area contributed by atoms with Gasteiger partial charge in [-0.3, -0.25) is 9.59 Å². The number of carbonyl (C=O) groups excluding carboxylic acids is 2. The zero-order valence-electron chi connectivity index (χ0n) is 14.3. The lowest BCUT2D eigenvalue weighted by Gasteiger charge is -2.34.